The summed E-state index contributed by atoms with van der Waals surface area (Å²) in [4.78, 5) is 0. The van der Waals surface area contributed by atoms with Crippen molar-refractivity contribution >= 4 is 17.5 Å². The first-order valence-corrected chi connectivity index (χ1v) is 5.09. The number of hydrogen-bond acceptors (Lipinski definition) is 4. The van der Waals surface area contributed by atoms with Gasteiger partial charge in [0.15, 0.2) is 0 Å². The second kappa shape index (κ2) is 4.55. The molecule has 0 amide bonds. The Bertz CT molecular complexity index is 496. The number of ether oxygens (including phenoxy) is 1. The van der Waals surface area contributed by atoms with Gasteiger partial charge in [-0.3, -0.25) is 0 Å². The number of nitrogens with zero attached hydrogens (tertiary/aromatic N) is 1. The first kappa shape index (κ1) is 11.0. The lowest BCUT2D eigenvalue weighted by atomic mass is 10.1. The normalized spacial score (nSPS) is 10.6. The summed E-state index contributed by atoms with van der Waals surface area (Å²) in [7, 11) is 1.63. The third kappa shape index (κ3) is 2.03. The zero-order valence-electron chi connectivity index (χ0n) is 8.74. The Morgan fingerprint density at radius 1 is 1.50 bits per heavy atom. The van der Waals surface area contributed by atoms with Crippen LogP contribution in [-0.2, 0) is 11.3 Å². The number of nitrogens with two attached hydrogens (primary N) is 1. The quantitative estimate of drug-likeness (QED) is 0.893. The minimum Gasteiger partial charge on any atom is -0.380 e. The van der Waals surface area contributed by atoms with Crippen LogP contribution in [0.15, 0.2) is 28.8 Å². The Hall–Kier alpha value is -1.52. The SMILES string of the molecule is COCc1cccc(Cl)c1-c1cc(N)on1. The summed E-state index contributed by atoms with van der Waals surface area (Å²) < 4.78 is 9.94. The molecule has 2 N–H and O–H groups in total. The summed E-state index contributed by atoms with van der Waals surface area (Å²) in [5.41, 5.74) is 7.85. The van der Waals surface area contributed by atoms with Crippen molar-refractivity contribution in [3.05, 3.63) is 34.9 Å². The molecule has 84 valence electrons. The number of anilines is 1. The number of hydrogen-bond donors (Lipinski definition) is 1. The van der Waals surface area contributed by atoms with Crippen LogP contribution in [0.2, 0.25) is 5.02 Å². The number of nitrogen functional groups attached to an aromatic ring is 1. The number of rotatable bonds is 3. The van der Waals surface area contributed by atoms with Gasteiger partial charge in [-0.1, -0.05) is 28.9 Å². The highest BCUT2D eigenvalue weighted by Gasteiger charge is 2.13. The Balaban J connectivity index is 2.53. The zero-order valence-corrected chi connectivity index (χ0v) is 9.49. The molecular formula is C11H11ClN2O2. The Labute approximate surface area is 97.9 Å². The van der Waals surface area contributed by atoms with Crippen LogP contribution in [0.1, 0.15) is 5.56 Å². The van der Waals surface area contributed by atoms with Crippen molar-refractivity contribution in [3.63, 3.8) is 0 Å². The van der Waals surface area contributed by atoms with E-state index in [4.69, 9.17) is 26.6 Å². The molecule has 1 aromatic carbocycles. The zero-order chi connectivity index (χ0) is 11.5. The maximum atomic E-state index is 6.13. The Kier molecular flexibility index (Phi) is 3.12. The van der Waals surface area contributed by atoms with Crippen LogP contribution in [0.3, 0.4) is 0 Å². The van der Waals surface area contributed by atoms with Gasteiger partial charge in [0.1, 0.15) is 5.69 Å². The number of methoxy groups -OCH3 is 1. The average molecular weight is 239 g/mol. The molecule has 1 aromatic heterocycles. The standard InChI is InChI=1S/C11H11ClN2O2/c1-15-6-7-3-2-4-8(12)11(7)9-5-10(13)16-14-9/h2-5H,6,13H2,1H3. The molecule has 0 aliphatic carbocycles. The fraction of sp³-hybridized carbons (Fsp3) is 0.182. The van der Waals surface area contributed by atoms with Gasteiger partial charge in [-0.25, -0.2) is 0 Å². The predicted octanol–water partition coefficient (Wildman–Crippen LogP) is 2.72. The van der Waals surface area contributed by atoms with Crippen molar-refractivity contribution in [2.24, 2.45) is 0 Å². The first-order chi connectivity index (χ1) is 7.72. The lowest BCUT2D eigenvalue weighted by Gasteiger charge is -2.07. The van der Waals surface area contributed by atoms with Crippen LogP contribution in [0.5, 0.6) is 0 Å². The van der Waals surface area contributed by atoms with E-state index in [9.17, 15) is 0 Å². The molecule has 0 saturated heterocycles. The van der Waals surface area contributed by atoms with Gasteiger partial charge in [0.05, 0.1) is 11.6 Å². The highest BCUT2D eigenvalue weighted by molar-refractivity contribution is 6.33. The molecule has 2 aromatic rings. The van der Waals surface area contributed by atoms with E-state index >= 15 is 0 Å². The summed E-state index contributed by atoms with van der Waals surface area (Å²) >= 11 is 6.13. The molecule has 0 radical (unpaired) electrons. The number of halogens is 1. The van der Waals surface area contributed by atoms with Gasteiger partial charge in [-0.05, 0) is 11.6 Å². The molecular weight excluding hydrogens is 228 g/mol. The molecule has 0 saturated carbocycles. The van der Waals surface area contributed by atoms with Crippen molar-refractivity contribution in [3.8, 4) is 11.3 Å². The monoisotopic (exact) mass is 238 g/mol. The molecule has 1 heterocycles. The van der Waals surface area contributed by atoms with Gasteiger partial charge < -0.3 is 15.0 Å². The number of aromatic nitrogens is 1. The molecule has 4 nitrogen and oxygen atoms in total. The minimum absolute atomic E-state index is 0.262. The van der Waals surface area contributed by atoms with E-state index in [0.29, 0.717) is 17.3 Å². The van der Waals surface area contributed by atoms with Gasteiger partial charge in [-0.15, -0.1) is 0 Å². The van der Waals surface area contributed by atoms with E-state index in [0.717, 1.165) is 11.1 Å². The molecule has 2 rings (SSSR count). The second-order valence-corrected chi connectivity index (χ2v) is 3.73. The van der Waals surface area contributed by atoms with Crippen LogP contribution in [-0.4, -0.2) is 12.3 Å². The minimum atomic E-state index is 0.262. The molecule has 0 spiro atoms. The van der Waals surface area contributed by atoms with Crippen molar-refractivity contribution < 1.29 is 9.26 Å². The van der Waals surface area contributed by atoms with Crippen molar-refractivity contribution in [2.75, 3.05) is 12.8 Å². The predicted molar refractivity (Wildman–Crippen MR) is 62.1 cm³/mol. The fourth-order valence-corrected chi connectivity index (χ4v) is 1.83. The van der Waals surface area contributed by atoms with Crippen molar-refractivity contribution in [2.45, 2.75) is 6.61 Å². The topological polar surface area (TPSA) is 61.3 Å². The van der Waals surface area contributed by atoms with Crippen LogP contribution in [0.25, 0.3) is 11.3 Å². The second-order valence-electron chi connectivity index (χ2n) is 3.32. The van der Waals surface area contributed by atoms with E-state index in [1.807, 2.05) is 12.1 Å². The summed E-state index contributed by atoms with van der Waals surface area (Å²) in [6.07, 6.45) is 0. The van der Waals surface area contributed by atoms with Gasteiger partial charge >= 0.3 is 0 Å². The van der Waals surface area contributed by atoms with Gasteiger partial charge in [0.2, 0.25) is 5.88 Å². The largest absolute Gasteiger partial charge is 0.380 e. The van der Waals surface area contributed by atoms with Gasteiger partial charge in [0.25, 0.3) is 0 Å². The summed E-state index contributed by atoms with van der Waals surface area (Å²) in [6.45, 7) is 0.461. The molecule has 0 aliphatic heterocycles. The highest BCUT2D eigenvalue weighted by Crippen LogP contribution is 2.31. The van der Waals surface area contributed by atoms with Gasteiger partial charge in [0, 0.05) is 18.7 Å². The van der Waals surface area contributed by atoms with Crippen LogP contribution in [0.4, 0.5) is 5.88 Å². The summed E-state index contributed by atoms with van der Waals surface area (Å²) in [5.74, 6) is 0.262. The smallest absolute Gasteiger partial charge is 0.222 e. The molecule has 0 aliphatic rings. The summed E-state index contributed by atoms with van der Waals surface area (Å²) in [5, 5.41) is 4.45. The van der Waals surface area contributed by atoms with Crippen molar-refractivity contribution in [1.29, 1.82) is 0 Å². The molecule has 0 bridgehead atoms. The third-order valence-electron chi connectivity index (χ3n) is 2.18. The maximum Gasteiger partial charge on any atom is 0.222 e. The fourth-order valence-electron chi connectivity index (χ4n) is 1.54. The Morgan fingerprint density at radius 2 is 2.31 bits per heavy atom. The van der Waals surface area contributed by atoms with E-state index in [1.54, 1.807) is 19.2 Å². The number of benzene rings is 1. The van der Waals surface area contributed by atoms with Gasteiger partial charge in [-0.2, -0.15) is 0 Å². The highest BCUT2D eigenvalue weighted by atomic mass is 35.5. The van der Waals surface area contributed by atoms with Crippen molar-refractivity contribution in [1.82, 2.24) is 5.16 Å². The Morgan fingerprint density at radius 3 is 2.94 bits per heavy atom. The van der Waals surface area contributed by atoms with Crippen LogP contribution in [0, 0.1) is 0 Å². The summed E-state index contributed by atoms with van der Waals surface area (Å²) in [6, 6.07) is 7.22. The van der Waals surface area contributed by atoms with E-state index in [2.05, 4.69) is 5.16 Å². The lowest BCUT2D eigenvalue weighted by Crippen LogP contribution is -1.93. The lowest BCUT2D eigenvalue weighted by molar-refractivity contribution is 0.185. The van der Waals surface area contributed by atoms with Crippen LogP contribution < -0.4 is 5.73 Å². The molecule has 5 heteroatoms. The van der Waals surface area contributed by atoms with E-state index < -0.39 is 0 Å². The van der Waals surface area contributed by atoms with E-state index in [-0.39, 0.29) is 5.88 Å². The molecule has 0 atom stereocenters. The van der Waals surface area contributed by atoms with Crippen LogP contribution >= 0.6 is 11.6 Å². The molecule has 16 heavy (non-hydrogen) atoms. The molecule has 0 fully saturated rings. The van der Waals surface area contributed by atoms with E-state index in [1.165, 1.54) is 0 Å². The first-order valence-electron chi connectivity index (χ1n) is 4.71. The average Bonchev–Trinajstić information content (AvgIpc) is 2.65. The third-order valence-corrected chi connectivity index (χ3v) is 2.50. The molecule has 0 unspecified atom stereocenters. The maximum absolute atomic E-state index is 6.13.